The van der Waals surface area contributed by atoms with Gasteiger partial charge in [-0.1, -0.05) is 27.7 Å². The second-order valence-corrected chi connectivity index (χ2v) is 14.9. The minimum atomic E-state index is -0.909. The molecule has 5 fully saturated rings. The van der Waals surface area contributed by atoms with E-state index in [4.69, 9.17) is 14.0 Å². The molecule has 2 bridgehead atoms. The van der Waals surface area contributed by atoms with Crippen molar-refractivity contribution in [1.82, 2.24) is 20.9 Å². The number of carbonyl (C=O) groups excluding carboxylic acids is 4. The topological polar surface area (TPSA) is 135 Å². The fourth-order valence-corrected chi connectivity index (χ4v) is 7.36. The zero-order valence-corrected chi connectivity index (χ0v) is 27.0. The minimum Gasteiger partial charge on any atom is -0.444 e. The quantitative estimate of drug-likeness (QED) is 0.370. The summed E-state index contributed by atoms with van der Waals surface area (Å²) in [5.41, 5.74) is -0.855. The number of rotatable bonds is 8. The SMILES string of the molecule is CC(NC(=O)OC(C)(C)C)C(=O)NC(C)C(=O)N1CCCC1C(=O)NC(B1OC2CC3CC(C3(C)C)C2(C)O1)C(C)C. The monoisotopic (exact) mass is 590 g/mol. The Balaban J connectivity index is 1.34. The molecule has 0 aromatic carbocycles. The first-order valence-electron chi connectivity index (χ1n) is 15.6. The molecule has 8 unspecified atom stereocenters. The minimum absolute atomic E-state index is 0.0126. The van der Waals surface area contributed by atoms with E-state index in [1.54, 1.807) is 32.6 Å². The summed E-state index contributed by atoms with van der Waals surface area (Å²) in [4.78, 5) is 53.3. The predicted molar refractivity (Wildman–Crippen MR) is 158 cm³/mol. The van der Waals surface area contributed by atoms with Gasteiger partial charge in [-0.2, -0.15) is 0 Å². The van der Waals surface area contributed by atoms with Gasteiger partial charge in [-0.3, -0.25) is 14.4 Å². The van der Waals surface area contributed by atoms with Crippen LogP contribution in [-0.4, -0.2) is 83.8 Å². The van der Waals surface area contributed by atoms with Crippen LogP contribution in [0.15, 0.2) is 0 Å². The van der Waals surface area contributed by atoms with Gasteiger partial charge in [0.1, 0.15) is 23.7 Å². The molecule has 0 aromatic heterocycles. The molecule has 42 heavy (non-hydrogen) atoms. The Morgan fingerprint density at radius 2 is 1.64 bits per heavy atom. The van der Waals surface area contributed by atoms with E-state index in [1.165, 1.54) is 6.92 Å². The molecule has 236 valence electrons. The van der Waals surface area contributed by atoms with Crippen molar-refractivity contribution in [2.45, 2.75) is 136 Å². The molecule has 0 spiro atoms. The zero-order valence-electron chi connectivity index (χ0n) is 27.0. The Labute approximate surface area is 251 Å². The molecule has 12 heteroatoms. The maximum absolute atomic E-state index is 13.6. The van der Waals surface area contributed by atoms with Crippen LogP contribution in [0.3, 0.4) is 0 Å². The van der Waals surface area contributed by atoms with Crippen LogP contribution in [0.2, 0.25) is 0 Å². The van der Waals surface area contributed by atoms with Gasteiger partial charge in [-0.15, -0.1) is 0 Å². The van der Waals surface area contributed by atoms with E-state index in [9.17, 15) is 19.2 Å². The van der Waals surface area contributed by atoms with E-state index in [2.05, 4.69) is 36.7 Å². The third-order valence-corrected chi connectivity index (χ3v) is 9.98. The van der Waals surface area contributed by atoms with E-state index < -0.39 is 42.8 Å². The number of amides is 4. The van der Waals surface area contributed by atoms with Gasteiger partial charge in [0.2, 0.25) is 17.7 Å². The summed E-state index contributed by atoms with van der Waals surface area (Å²) in [6.45, 7) is 19.6. The summed E-state index contributed by atoms with van der Waals surface area (Å²) in [6.07, 6.45) is 2.63. The molecule has 5 rings (SSSR count). The number of alkyl carbamates (subject to hydrolysis) is 1. The van der Waals surface area contributed by atoms with Crippen molar-refractivity contribution in [3.63, 3.8) is 0 Å². The average Bonchev–Trinajstić information content (AvgIpc) is 3.49. The van der Waals surface area contributed by atoms with Crippen molar-refractivity contribution < 1.29 is 33.2 Å². The molecule has 3 aliphatic carbocycles. The third kappa shape index (κ3) is 6.30. The highest BCUT2D eigenvalue weighted by Gasteiger charge is 2.68. The molecule has 3 saturated carbocycles. The van der Waals surface area contributed by atoms with Crippen molar-refractivity contribution in [3.05, 3.63) is 0 Å². The third-order valence-electron chi connectivity index (χ3n) is 9.98. The summed E-state index contributed by atoms with van der Waals surface area (Å²) in [5.74, 6) is -0.373. The summed E-state index contributed by atoms with van der Waals surface area (Å²) in [5, 5.41) is 8.31. The summed E-state index contributed by atoms with van der Waals surface area (Å²) < 4.78 is 18.3. The standard InChI is InChI=1S/C30H51BN4O7/c1-16(2)23(31-41-22-15-19-14-21(29(19,8)9)30(22,10)42-31)34-25(37)20-12-11-13-35(20)26(38)18(4)32-24(36)17(3)33-27(39)40-28(5,6)7/h16-23H,11-15H2,1-10H3,(H,32,36)(H,33,39)(H,34,37). The second-order valence-electron chi connectivity index (χ2n) is 14.9. The van der Waals surface area contributed by atoms with Crippen molar-refractivity contribution in [1.29, 1.82) is 0 Å². The molecule has 2 saturated heterocycles. The molecule has 11 nitrogen and oxygen atoms in total. The number of nitrogens with zero attached hydrogens (tertiary/aromatic N) is 1. The first kappa shape index (κ1) is 32.6. The lowest BCUT2D eigenvalue weighted by Crippen LogP contribution is -2.65. The molecule has 8 atom stereocenters. The van der Waals surface area contributed by atoms with Crippen LogP contribution < -0.4 is 16.0 Å². The van der Waals surface area contributed by atoms with Crippen molar-refractivity contribution in [2.75, 3.05) is 6.54 Å². The lowest BCUT2D eigenvalue weighted by Gasteiger charge is -2.64. The Hall–Kier alpha value is -2.34. The van der Waals surface area contributed by atoms with Gasteiger partial charge >= 0.3 is 13.2 Å². The molecule has 4 amide bonds. The molecule has 5 aliphatic rings. The highest BCUT2D eigenvalue weighted by Crippen LogP contribution is 2.65. The molecule has 3 N–H and O–H groups in total. The molecule has 0 aromatic rings. The normalized spacial score (nSPS) is 31.9. The van der Waals surface area contributed by atoms with E-state index in [1.807, 2.05) is 13.8 Å². The number of ether oxygens (including phenoxy) is 1. The Kier molecular flexibility index (Phi) is 9.02. The molecular formula is C30H51BN4O7. The smallest absolute Gasteiger partial charge is 0.444 e. The van der Waals surface area contributed by atoms with E-state index in [-0.39, 0.29) is 40.8 Å². The fourth-order valence-electron chi connectivity index (χ4n) is 7.36. The van der Waals surface area contributed by atoms with Gasteiger partial charge in [0.15, 0.2) is 0 Å². The molecule has 2 heterocycles. The first-order chi connectivity index (χ1) is 19.3. The number of likely N-dealkylation sites (tertiary alicyclic amines) is 1. The van der Waals surface area contributed by atoms with Crippen LogP contribution in [0.1, 0.15) is 94.9 Å². The van der Waals surface area contributed by atoms with Crippen LogP contribution in [0.4, 0.5) is 4.79 Å². The van der Waals surface area contributed by atoms with Crippen LogP contribution in [-0.2, 0) is 28.4 Å². The van der Waals surface area contributed by atoms with Gasteiger partial charge < -0.3 is 34.9 Å². The summed E-state index contributed by atoms with van der Waals surface area (Å²) in [7, 11) is -0.554. The van der Waals surface area contributed by atoms with Crippen LogP contribution in [0.5, 0.6) is 0 Å². The van der Waals surface area contributed by atoms with E-state index in [0.29, 0.717) is 31.2 Å². The van der Waals surface area contributed by atoms with Gasteiger partial charge in [-0.05, 0) is 90.4 Å². The Morgan fingerprint density at radius 3 is 2.24 bits per heavy atom. The van der Waals surface area contributed by atoms with Gasteiger partial charge in [0.25, 0.3) is 0 Å². The average molecular weight is 591 g/mol. The summed E-state index contributed by atoms with van der Waals surface area (Å²) in [6, 6.07) is -2.44. The van der Waals surface area contributed by atoms with Crippen LogP contribution in [0.25, 0.3) is 0 Å². The summed E-state index contributed by atoms with van der Waals surface area (Å²) >= 11 is 0. The van der Waals surface area contributed by atoms with Crippen LogP contribution >= 0.6 is 0 Å². The predicted octanol–water partition coefficient (Wildman–Crippen LogP) is 2.80. The number of hydrogen-bond acceptors (Lipinski definition) is 7. The Bertz CT molecular complexity index is 1080. The fraction of sp³-hybridized carbons (Fsp3) is 0.867. The van der Waals surface area contributed by atoms with Crippen LogP contribution in [0, 0.1) is 23.2 Å². The molecule has 2 aliphatic heterocycles. The highest BCUT2D eigenvalue weighted by atomic mass is 16.7. The van der Waals surface area contributed by atoms with Crippen molar-refractivity contribution in [3.8, 4) is 0 Å². The number of hydrogen-bond donors (Lipinski definition) is 3. The van der Waals surface area contributed by atoms with Crippen molar-refractivity contribution in [2.24, 2.45) is 23.2 Å². The van der Waals surface area contributed by atoms with Gasteiger partial charge in [0.05, 0.1) is 17.6 Å². The lowest BCUT2D eigenvalue weighted by atomic mass is 9.43. The zero-order chi connectivity index (χ0) is 31.4. The first-order valence-corrected chi connectivity index (χ1v) is 15.6. The number of nitrogens with one attached hydrogen (secondary N) is 3. The maximum atomic E-state index is 13.6. The molecular weight excluding hydrogens is 539 g/mol. The molecule has 0 radical (unpaired) electrons. The van der Waals surface area contributed by atoms with E-state index >= 15 is 0 Å². The highest BCUT2D eigenvalue weighted by molar-refractivity contribution is 6.48. The van der Waals surface area contributed by atoms with E-state index in [0.717, 1.165) is 12.8 Å². The second kappa shape index (κ2) is 11.6. The van der Waals surface area contributed by atoms with Gasteiger partial charge in [-0.25, -0.2) is 4.79 Å². The lowest BCUT2D eigenvalue weighted by molar-refractivity contribution is -0.199. The van der Waals surface area contributed by atoms with Gasteiger partial charge in [0, 0.05) is 6.54 Å². The maximum Gasteiger partial charge on any atom is 0.481 e. The largest absolute Gasteiger partial charge is 0.481 e. The van der Waals surface area contributed by atoms with Crippen molar-refractivity contribution >= 4 is 30.9 Å². The number of carbonyl (C=O) groups is 4. The Morgan fingerprint density at radius 1 is 0.976 bits per heavy atom.